The number of hydrogen-bond acceptors (Lipinski definition) is 3. The molecule has 1 aromatic heterocycles. The second-order valence-electron chi connectivity index (χ2n) is 6.18. The number of rotatable bonds is 1. The van der Waals surface area contributed by atoms with E-state index in [4.69, 9.17) is 5.73 Å². The SMILES string of the molecule is Cc1ccc2cccc(C(=O)N3CC(N)CCC3C(F)(F)F)c2n1. The van der Waals surface area contributed by atoms with Crippen LogP contribution in [-0.2, 0) is 0 Å². The number of nitrogens with zero attached hydrogens (tertiary/aromatic N) is 2. The van der Waals surface area contributed by atoms with Crippen molar-refractivity contribution in [3.8, 4) is 0 Å². The molecule has 1 aliphatic rings. The zero-order chi connectivity index (χ0) is 17.5. The minimum Gasteiger partial charge on any atom is -0.326 e. The summed E-state index contributed by atoms with van der Waals surface area (Å²) in [5.74, 6) is -0.670. The maximum atomic E-state index is 13.3. The Morgan fingerprint density at radius 1 is 1.25 bits per heavy atom. The fraction of sp³-hybridized carbons (Fsp3) is 0.412. The van der Waals surface area contributed by atoms with Crippen molar-refractivity contribution in [1.29, 1.82) is 0 Å². The summed E-state index contributed by atoms with van der Waals surface area (Å²) in [7, 11) is 0. The number of aryl methyl sites for hydroxylation is 1. The van der Waals surface area contributed by atoms with Crippen molar-refractivity contribution in [3.63, 3.8) is 0 Å². The molecule has 0 saturated carbocycles. The molecule has 1 saturated heterocycles. The number of likely N-dealkylation sites (tertiary alicyclic amines) is 1. The molecule has 0 bridgehead atoms. The number of carbonyl (C=O) groups excluding carboxylic acids is 1. The molecule has 2 atom stereocenters. The lowest BCUT2D eigenvalue weighted by Gasteiger charge is -2.39. The Balaban J connectivity index is 2.05. The third-order valence-corrected chi connectivity index (χ3v) is 4.35. The van der Waals surface area contributed by atoms with Crippen LogP contribution in [-0.4, -0.2) is 40.6 Å². The molecule has 1 aromatic carbocycles. The Kier molecular flexibility index (Phi) is 4.21. The molecule has 2 heterocycles. The monoisotopic (exact) mass is 337 g/mol. The molecule has 7 heteroatoms. The van der Waals surface area contributed by atoms with Gasteiger partial charge in [0.1, 0.15) is 6.04 Å². The van der Waals surface area contributed by atoms with Crippen molar-refractivity contribution >= 4 is 16.8 Å². The fourth-order valence-electron chi connectivity index (χ4n) is 3.14. The lowest BCUT2D eigenvalue weighted by Crippen LogP contribution is -2.56. The van der Waals surface area contributed by atoms with Crippen LogP contribution >= 0.6 is 0 Å². The van der Waals surface area contributed by atoms with Crippen molar-refractivity contribution in [2.24, 2.45) is 5.73 Å². The van der Waals surface area contributed by atoms with Crippen LogP contribution in [0.5, 0.6) is 0 Å². The van der Waals surface area contributed by atoms with E-state index in [0.29, 0.717) is 11.2 Å². The van der Waals surface area contributed by atoms with Gasteiger partial charge in [0.2, 0.25) is 0 Å². The summed E-state index contributed by atoms with van der Waals surface area (Å²) >= 11 is 0. The summed E-state index contributed by atoms with van der Waals surface area (Å²) in [6, 6.07) is 6.30. The van der Waals surface area contributed by atoms with E-state index in [-0.39, 0.29) is 24.9 Å². The summed E-state index contributed by atoms with van der Waals surface area (Å²) < 4.78 is 40.0. The lowest BCUT2D eigenvalue weighted by molar-refractivity contribution is -0.184. The van der Waals surface area contributed by atoms with Gasteiger partial charge in [-0.05, 0) is 31.9 Å². The van der Waals surface area contributed by atoms with Crippen LogP contribution in [0.15, 0.2) is 30.3 Å². The molecule has 1 aliphatic heterocycles. The average Bonchev–Trinajstić information content (AvgIpc) is 2.52. The number of aromatic nitrogens is 1. The molecule has 0 spiro atoms. The molecule has 1 amide bonds. The summed E-state index contributed by atoms with van der Waals surface area (Å²) in [6.45, 7) is 1.67. The van der Waals surface area contributed by atoms with Crippen molar-refractivity contribution < 1.29 is 18.0 Å². The first-order valence-electron chi connectivity index (χ1n) is 7.77. The standard InChI is InChI=1S/C17H18F3N3O/c1-10-5-6-11-3-2-4-13(15(11)22-10)16(24)23-9-12(21)7-8-14(23)17(18,19)20/h2-6,12,14H,7-9,21H2,1H3. The van der Waals surface area contributed by atoms with Crippen LogP contribution in [0.25, 0.3) is 10.9 Å². The van der Waals surface area contributed by atoms with Gasteiger partial charge in [-0.25, -0.2) is 0 Å². The highest BCUT2D eigenvalue weighted by Gasteiger charge is 2.47. The third kappa shape index (κ3) is 3.08. The van der Waals surface area contributed by atoms with Crippen LogP contribution in [0, 0.1) is 6.92 Å². The predicted molar refractivity (Wildman–Crippen MR) is 84.6 cm³/mol. The van der Waals surface area contributed by atoms with E-state index < -0.39 is 24.2 Å². The number of alkyl halides is 3. The zero-order valence-corrected chi connectivity index (χ0v) is 13.2. The van der Waals surface area contributed by atoms with Gasteiger partial charge in [0.15, 0.2) is 0 Å². The molecule has 2 N–H and O–H groups in total. The Morgan fingerprint density at radius 2 is 2.00 bits per heavy atom. The van der Waals surface area contributed by atoms with Gasteiger partial charge in [-0.1, -0.05) is 18.2 Å². The fourth-order valence-corrected chi connectivity index (χ4v) is 3.14. The van der Waals surface area contributed by atoms with Crippen LogP contribution in [0.1, 0.15) is 28.9 Å². The number of fused-ring (bicyclic) bond motifs is 1. The number of carbonyl (C=O) groups is 1. The number of para-hydroxylation sites is 1. The molecular weight excluding hydrogens is 319 g/mol. The van der Waals surface area contributed by atoms with Gasteiger partial charge < -0.3 is 10.6 Å². The number of amides is 1. The van der Waals surface area contributed by atoms with E-state index in [1.165, 1.54) is 6.07 Å². The van der Waals surface area contributed by atoms with E-state index in [1.807, 2.05) is 0 Å². The first-order valence-corrected chi connectivity index (χ1v) is 7.77. The number of nitrogens with two attached hydrogens (primary N) is 1. The molecule has 4 nitrogen and oxygen atoms in total. The second-order valence-corrected chi connectivity index (χ2v) is 6.18. The Hall–Kier alpha value is -2.15. The van der Waals surface area contributed by atoms with Gasteiger partial charge in [-0.2, -0.15) is 13.2 Å². The quantitative estimate of drug-likeness (QED) is 0.870. The van der Waals surface area contributed by atoms with Gasteiger partial charge in [0.05, 0.1) is 11.1 Å². The summed E-state index contributed by atoms with van der Waals surface area (Å²) in [6.07, 6.45) is -4.39. The topological polar surface area (TPSA) is 59.2 Å². The highest BCUT2D eigenvalue weighted by Crippen LogP contribution is 2.33. The molecule has 2 unspecified atom stereocenters. The molecule has 128 valence electrons. The van der Waals surface area contributed by atoms with Crippen molar-refractivity contribution in [2.45, 2.75) is 38.0 Å². The maximum Gasteiger partial charge on any atom is 0.408 e. The number of pyridine rings is 1. The average molecular weight is 337 g/mol. The molecule has 1 fully saturated rings. The highest BCUT2D eigenvalue weighted by atomic mass is 19.4. The zero-order valence-electron chi connectivity index (χ0n) is 13.2. The van der Waals surface area contributed by atoms with Crippen LogP contribution < -0.4 is 5.73 Å². The van der Waals surface area contributed by atoms with Gasteiger partial charge in [-0.15, -0.1) is 0 Å². The molecular formula is C17H18F3N3O. The van der Waals surface area contributed by atoms with E-state index >= 15 is 0 Å². The maximum absolute atomic E-state index is 13.3. The van der Waals surface area contributed by atoms with Gasteiger partial charge >= 0.3 is 6.18 Å². The van der Waals surface area contributed by atoms with Gasteiger partial charge in [-0.3, -0.25) is 9.78 Å². The number of hydrogen-bond donors (Lipinski definition) is 1. The largest absolute Gasteiger partial charge is 0.408 e. The number of benzene rings is 1. The van der Waals surface area contributed by atoms with E-state index in [1.54, 1.807) is 31.2 Å². The van der Waals surface area contributed by atoms with Crippen molar-refractivity contribution in [3.05, 3.63) is 41.6 Å². The highest BCUT2D eigenvalue weighted by molar-refractivity contribution is 6.05. The molecule has 24 heavy (non-hydrogen) atoms. The Labute approximate surface area is 137 Å². The molecule has 3 rings (SSSR count). The Bertz CT molecular complexity index is 775. The van der Waals surface area contributed by atoms with Crippen molar-refractivity contribution in [1.82, 2.24) is 9.88 Å². The van der Waals surface area contributed by atoms with Crippen LogP contribution in [0.4, 0.5) is 13.2 Å². The minimum atomic E-state index is -4.47. The van der Waals surface area contributed by atoms with E-state index in [0.717, 1.165) is 10.3 Å². The summed E-state index contributed by atoms with van der Waals surface area (Å²) in [4.78, 5) is 18.0. The molecule has 0 aliphatic carbocycles. The number of piperidine rings is 1. The van der Waals surface area contributed by atoms with Gasteiger partial charge in [0.25, 0.3) is 5.91 Å². The third-order valence-electron chi connectivity index (χ3n) is 4.35. The molecule has 2 aromatic rings. The molecule has 0 radical (unpaired) electrons. The van der Waals surface area contributed by atoms with Crippen molar-refractivity contribution in [2.75, 3.05) is 6.54 Å². The lowest BCUT2D eigenvalue weighted by atomic mass is 9.96. The predicted octanol–water partition coefficient (Wildman–Crippen LogP) is 3.04. The minimum absolute atomic E-state index is 0.106. The van der Waals surface area contributed by atoms with Crippen LogP contribution in [0.2, 0.25) is 0 Å². The second kappa shape index (κ2) is 6.05. The van der Waals surface area contributed by atoms with E-state index in [2.05, 4.69) is 4.98 Å². The summed E-state index contributed by atoms with van der Waals surface area (Å²) in [5.41, 5.74) is 7.11. The van der Waals surface area contributed by atoms with E-state index in [9.17, 15) is 18.0 Å². The van der Waals surface area contributed by atoms with Gasteiger partial charge in [0, 0.05) is 23.7 Å². The smallest absolute Gasteiger partial charge is 0.326 e. The number of halogens is 3. The first kappa shape index (κ1) is 16.7. The normalized spacial score (nSPS) is 22.0. The van der Waals surface area contributed by atoms with Crippen LogP contribution in [0.3, 0.4) is 0 Å². The first-order chi connectivity index (χ1) is 11.3. The summed E-state index contributed by atoms with van der Waals surface area (Å²) in [5, 5.41) is 0.719. The Morgan fingerprint density at radius 3 is 2.71 bits per heavy atom.